The van der Waals surface area contributed by atoms with E-state index in [1.54, 1.807) is 4.90 Å². The molecule has 0 amide bonds. The van der Waals surface area contributed by atoms with E-state index in [4.69, 9.17) is 17.0 Å². The summed E-state index contributed by atoms with van der Waals surface area (Å²) in [6, 6.07) is 6.35. The Morgan fingerprint density at radius 2 is 1.95 bits per heavy atom. The fourth-order valence-corrected chi connectivity index (χ4v) is 2.94. The third-order valence-electron chi connectivity index (χ3n) is 4.39. The molecule has 1 aliphatic heterocycles. The summed E-state index contributed by atoms with van der Waals surface area (Å²) in [6.07, 6.45) is 0. The first-order valence-corrected chi connectivity index (χ1v) is 8.34. The van der Waals surface area contributed by atoms with Crippen molar-refractivity contribution in [1.29, 1.82) is 0 Å². The van der Waals surface area contributed by atoms with Crippen molar-refractivity contribution < 1.29 is 9.64 Å². The number of anilines is 1. The van der Waals surface area contributed by atoms with Gasteiger partial charge in [-0.15, -0.1) is 0 Å². The fraction of sp³-hybridized carbons (Fsp3) is 0.588. The lowest BCUT2D eigenvalue weighted by Crippen LogP contribution is -3.22. The third-order valence-corrected chi connectivity index (χ3v) is 4.63. The van der Waals surface area contributed by atoms with Gasteiger partial charge in [-0.3, -0.25) is 0 Å². The minimum absolute atomic E-state index is 0.136. The molecule has 1 heterocycles. The monoisotopic (exact) mass is 322 g/mol. The Morgan fingerprint density at radius 1 is 1.27 bits per heavy atom. The maximum Gasteiger partial charge on any atom is 0.171 e. The van der Waals surface area contributed by atoms with Gasteiger partial charge >= 0.3 is 0 Å². The van der Waals surface area contributed by atoms with Gasteiger partial charge in [0.1, 0.15) is 18.6 Å². The minimum atomic E-state index is 0.136. The van der Waals surface area contributed by atoms with E-state index in [2.05, 4.69) is 56.5 Å². The average molecular weight is 322 g/mol. The molecule has 3 N–H and O–H groups in total. The molecule has 22 heavy (non-hydrogen) atoms. The van der Waals surface area contributed by atoms with Gasteiger partial charge in [0, 0.05) is 5.69 Å². The van der Waals surface area contributed by atoms with E-state index in [-0.39, 0.29) is 5.54 Å². The van der Waals surface area contributed by atoms with Gasteiger partial charge in [-0.1, -0.05) is 12.1 Å². The van der Waals surface area contributed by atoms with E-state index in [1.807, 2.05) is 0 Å². The van der Waals surface area contributed by atoms with Gasteiger partial charge in [0.25, 0.3) is 0 Å². The van der Waals surface area contributed by atoms with Crippen molar-refractivity contribution in [3.8, 4) is 0 Å². The standard InChI is InChI=1S/C17H27N3OS/c1-13-5-6-14(2)15(11-13)19-16(22)18-12-17(3,4)20-7-9-21-10-8-20/h5-6,11H,7-10,12H2,1-4H3,(H2,18,19,22)/p+1. The topological polar surface area (TPSA) is 37.7 Å². The molecular weight excluding hydrogens is 294 g/mol. The van der Waals surface area contributed by atoms with E-state index in [0.717, 1.165) is 38.5 Å². The van der Waals surface area contributed by atoms with Crippen LogP contribution in [0.1, 0.15) is 25.0 Å². The Bertz CT molecular complexity index is 525. The van der Waals surface area contributed by atoms with Gasteiger partial charge in [0.2, 0.25) is 0 Å². The Hall–Kier alpha value is -1.17. The van der Waals surface area contributed by atoms with Crippen molar-refractivity contribution in [1.82, 2.24) is 5.32 Å². The predicted molar refractivity (Wildman–Crippen MR) is 95.7 cm³/mol. The number of rotatable bonds is 4. The van der Waals surface area contributed by atoms with Crippen LogP contribution in [-0.2, 0) is 4.74 Å². The van der Waals surface area contributed by atoms with Crippen molar-refractivity contribution in [3.05, 3.63) is 29.3 Å². The second-order valence-corrected chi connectivity index (χ2v) is 7.13. The summed E-state index contributed by atoms with van der Waals surface area (Å²) >= 11 is 5.45. The van der Waals surface area contributed by atoms with Crippen LogP contribution in [0.15, 0.2) is 18.2 Å². The summed E-state index contributed by atoms with van der Waals surface area (Å²) < 4.78 is 5.44. The second-order valence-electron chi connectivity index (χ2n) is 6.73. The first kappa shape index (κ1) is 17.2. The summed E-state index contributed by atoms with van der Waals surface area (Å²) in [4.78, 5) is 1.57. The van der Waals surface area contributed by atoms with E-state index in [0.29, 0.717) is 5.11 Å². The second kappa shape index (κ2) is 7.40. The van der Waals surface area contributed by atoms with Crippen LogP contribution < -0.4 is 15.5 Å². The molecule has 0 aliphatic carbocycles. The maximum atomic E-state index is 5.45. The fourth-order valence-electron chi connectivity index (χ4n) is 2.76. The molecule has 0 aromatic heterocycles. The molecule has 0 bridgehead atoms. The summed E-state index contributed by atoms with van der Waals surface area (Å²) in [7, 11) is 0. The van der Waals surface area contributed by atoms with Gasteiger partial charge in [-0.25, -0.2) is 0 Å². The summed E-state index contributed by atoms with van der Waals surface area (Å²) in [5.74, 6) is 0. The van der Waals surface area contributed by atoms with E-state index in [1.165, 1.54) is 11.1 Å². The molecule has 0 spiro atoms. The van der Waals surface area contributed by atoms with Crippen LogP contribution in [0.2, 0.25) is 0 Å². The van der Waals surface area contributed by atoms with E-state index >= 15 is 0 Å². The van der Waals surface area contributed by atoms with Crippen LogP contribution in [0.3, 0.4) is 0 Å². The Morgan fingerprint density at radius 3 is 2.64 bits per heavy atom. The third kappa shape index (κ3) is 4.66. The molecule has 122 valence electrons. The number of hydrogen-bond donors (Lipinski definition) is 3. The highest BCUT2D eigenvalue weighted by atomic mass is 32.1. The number of thiocarbonyl (C=S) groups is 1. The number of hydrogen-bond acceptors (Lipinski definition) is 2. The Labute approximate surface area is 139 Å². The van der Waals surface area contributed by atoms with Crippen LogP contribution in [0, 0.1) is 13.8 Å². The Balaban J connectivity index is 1.87. The molecule has 0 atom stereocenters. The minimum Gasteiger partial charge on any atom is -0.370 e. The van der Waals surface area contributed by atoms with E-state index < -0.39 is 0 Å². The molecule has 1 aromatic carbocycles. The highest BCUT2D eigenvalue weighted by Crippen LogP contribution is 2.16. The molecule has 1 aromatic rings. The molecule has 0 radical (unpaired) electrons. The van der Waals surface area contributed by atoms with Gasteiger partial charge in [0.05, 0.1) is 19.8 Å². The molecule has 0 saturated carbocycles. The van der Waals surface area contributed by atoms with Crippen molar-refractivity contribution in [3.63, 3.8) is 0 Å². The predicted octanol–water partition coefficient (Wildman–Crippen LogP) is 1.28. The normalized spacial score (nSPS) is 16.4. The van der Waals surface area contributed by atoms with Crippen molar-refractivity contribution in [2.75, 3.05) is 38.2 Å². The molecule has 2 rings (SSSR count). The van der Waals surface area contributed by atoms with Crippen molar-refractivity contribution in [2.24, 2.45) is 0 Å². The molecule has 0 unspecified atom stereocenters. The quantitative estimate of drug-likeness (QED) is 0.730. The first-order valence-electron chi connectivity index (χ1n) is 7.93. The van der Waals surface area contributed by atoms with Crippen LogP contribution in [0.5, 0.6) is 0 Å². The lowest BCUT2D eigenvalue weighted by molar-refractivity contribution is -0.954. The number of quaternary nitrogens is 1. The molecular formula is C17H28N3OS+. The van der Waals surface area contributed by atoms with Crippen LogP contribution in [0.4, 0.5) is 5.69 Å². The van der Waals surface area contributed by atoms with Crippen LogP contribution >= 0.6 is 12.2 Å². The molecule has 1 fully saturated rings. The summed E-state index contributed by atoms with van der Waals surface area (Å²) in [5, 5.41) is 7.38. The number of nitrogens with one attached hydrogen (secondary N) is 3. The summed E-state index contributed by atoms with van der Waals surface area (Å²) in [5.41, 5.74) is 3.65. The highest BCUT2D eigenvalue weighted by molar-refractivity contribution is 7.80. The van der Waals surface area contributed by atoms with Gasteiger partial charge < -0.3 is 20.3 Å². The molecule has 1 saturated heterocycles. The van der Waals surface area contributed by atoms with Crippen LogP contribution in [0.25, 0.3) is 0 Å². The lowest BCUT2D eigenvalue weighted by Gasteiger charge is -2.37. The van der Waals surface area contributed by atoms with Crippen molar-refractivity contribution in [2.45, 2.75) is 33.2 Å². The Kier molecular flexibility index (Phi) is 5.78. The SMILES string of the molecule is Cc1ccc(C)c(NC(=S)NCC(C)(C)[NH+]2CCOCC2)c1. The number of morpholine rings is 1. The molecule has 5 heteroatoms. The van der Waals surface area contributed by atoms with Gasteiger partial charge in [-0.2, -0.15) is 0 Å². The number of benzene rings is 1. The zero-order valence-electron chi connectivity index (χ0n) is 14.1. The maximum absolute atomic E-state index is 5.45. The largest absolute Gasteiger partial charge is 0.370 e. The number of ether oxygens (including phenoxy) is 1. The van der Waals surface area contributed by atoms with Gasteiger partial charge in [0.15, 0.2) is 5.11 Å². The molecule has 1 aliphatic rings. The molecule has 4 nitrogen and oxygen atoms in total. The van der Waals surface area contributed by atoms with Gasteiger partial charge in [-0.05, 0) is 57.1 Å². The average Bonchev–Trinajstić information content (AvgIpc) is 2.50. The first-order chi connectivity index (χ1) is 10.4. The zero-order chi connectivity index (χ0) is 16.2. The zero-order valence-corrected chi connectivity index (χ0v) is 14.9. The van der Waals surface area contributed by atoms with Crippen LogP contribution in [-0.4, -0.2) is 43.5 Å². The summed E-state index contributed by atoms with van der Waals surface area (Å²) in [6.45, 7) is 13.4. The van der Waals surface area contributed by atoms with E-state index in [9.17, 15) is 0 Å². The van der Waals surface area contributed by atoms with Crippen molar-refractivity contribution >= 4 is 23.0 Å². The smallest absolute Gasteiger partial charge is 0.171 e. The lowest BCUT2D eigenvalue weighted by atomic mass is 10.0. The number of aryl methyl sites for hydroxylation is 2. The highest BCUT2D eigenvalue weighted by Gasteiger charge is 2.32.